The van der Waals surface area contributed by atoms with Crippen LogP contribution >= 0.6 is 0 Å². The van der Waals surface area contributed by atoms with Crippen LogP contribution in [0.5, 0.6) is 0 Å². The topological polar surface area (TPSA) is 94.2 Å². The van der Waals surface area contributed by atoms with E-state index < -0.39 is 10.8 Å². The van der Waals surface area contributed by atoms with Crippen LogP contribution in [-0.2, 0) is 0 Å². The van der Waals surface area contributed by atoms with Crippen LogP contribution in [0.25, 0.3) is 0 Å². The molecule has 1 aromatic heterocycles. The van der Waals surface area contributed by atoms with Crippen molar-refractivity contribution in [2.45, 2.75) is 25.4 Å². The number of carbonyl (C=O) groups excluding carboxylic acids is 1. The van der Waals surface area contributed by atoms with Crippen molar-refractivity contribution in [3.05, 3.63) is 118 Å². The molecule has 1 aliphatic heterocycles. The number of hydrogen-bond donors (Lipinski definition) is 0. The monoisotopic (exact) mass is 439 g/mol. The standard InChI is InChI=1S/C25H21N5O3/c1-17-11-13-19(14-12-17)22-15-23(18-7-3-2-4-8-18)29-25(26-16-27-29)28(22)24(31)20-9-5-6-10-21(20)30(32)33/h2-14,16,22-23H,15H2,1H3/t22-,23+/m1/s1. The summed E-state index contributed by atoms with van der Waals surface area (Å²) in [6.45, 7) is 2.00. The van der Waals surface area contributed by atoms with Gasteiger partial charge in [0.2, 0.25) is 5.95 Å². The van der Waals surface area contributed by atoms with Crippen LogP contribution in [0, 0.1) is 17.0 Å². The van der Waals surface area contributed by atoms with E-state index in [1.807, 2.05) is 61.5 Å². The molecular formula is C25H21N5O3. The van der Waals surface area contributed by atoms with Gasteiger partial charge in [0.05, 0.1) is 17.0 Å². The molecular weight excluding hydrogens is 418 g/mol. The van der Waals surface area contributed by atoms with Gasteiger partial charge in [-0.3, -0.25) is 19.8 Å². The molecule has 1 amide bonds. The Hall–Kier alpha value is -4.33. The number of nitro groups is 1. The minimum Gasteiger partial charge on any atom is -0.269 e. The lowest BCUT2D eigenvalue weighted by molar-refractivity contribution is -0.385. The molecule has 0 saturated carbocycles. The zero-order valence-electron chi connectivity index (χ0n) is 17.9. The van der Waals surface area contributed by atoms with Gasteiger partial charge in [0, 0.05) is 6.07 Å². The highest BCUT2D eigenvalue weighted by Gasteiger charge is 2.41. The third-order valence-corrected chi connectivity index (χ3v) is 6.02. The molecule has 0 fully saturated rings. The normalized spacial score (nSPS) is 17.4. The van der Waals surface area contributed by atoms with E-state index in [2.05, 4.69) is 10.1 Å². The number of amides is 1. The molecule has 1 aliphatic rings. The van der Waals surface area contributed by atoms with E-state index in [0.29, 0.717) is 12.4 Å². The minimum absolute atomic E-state index is 0.0207. The van der Waals surface area contributed by atoms with E-state index in [9.17, 15) is 14.9 Å². The van der Waals surface area contributed by atoms with Crippen molar-refractivity contribution in [1.82, 2.24) is 14.8 Å². The molecule has 0 unspecified atom stereocenters. The lowest BCUT2D eigenvalue weighted by atomic mass is 9.91. The van der Waals surface area contributed by atoms with Crippen molar-refractivity contribution in [3.8, 4) is 0 Å². The lowest BCUT2D eigenvalue weighted by Gasteiger charge is -2.39. The Labute approximate surface area is 190 Å². The molecule has 0 N–H and O–H groups in total. The van der Waals surface area contributed by atoms with E-state index in [1.165, 1.54) is 18.5 Å². The zero-order chi connectivity index (χ0) is 22.9. The summed E-state index contributed by atoms with van der Waals surface area (Å²) in [5.41, 5.74) is 2.88. The van der Waals surface area contributed by atoms with Crippen LogP contribution in [0.15, 0.2) is 85.2 Å². The molecule has 2 heterocycles. The van der Waals surface area contributed by atoms with Crippen LogP contribution in [-0.4, -0.2) is 25.6 Å². The summed E-state index contributed by atoms with van der Waals surface area (Å²) in [5, 5.41) is 16.1. The van der Waals surface area contributed by atoms with Crippen LogP contribution in [0.1, 0.15) is 45.6 Å². The average molecular weight is 439 g/mol. The first-order chi connectivity index (χ1) is 16.0. The Bertz CT molecular complexity index is 1320. The molecule has 0 aliphatic carbocycles. The predicted molar refractivity (Wildman–Crippen MR) is 123 cm³/mol. The maximum absolute atomic E-state index is 13.8. The first kappa shape index (κ1) is 20.6. The Morgan fingerprint density at radius 2 is 1.61 bits per heavy atom. The molecule has 8 heteroatoms. The lowest BCUT2D eigenvalue weighted by Crippen LogP contribution is -2.42. The molecule has 0 saturated heterocycles. The zero-order valence-corrected chi connectivity index (χ0v) is 17.9. The van der Waals surface area contributed by atoms with E-state index in [4.69, 9.17) is 0 Å². The van der Waals surface area contributed by atoms with Gasteiger partial charge >= 0.3 is 0 Å². The molecule has 4 aromatic rings. The number of hydrogen-bond acceptors (Lipinski definition) is 5. The second kappa shape index (κ2) is 8.31. The summed E-state index contributed by atoms with van der Waals surface area (Å²) < 4.78 is 1.73. The van der Waals surface area contributed by atoms with Gasteiger partial charge in [-0.25, -0.2) is 4.68 Å². The Morgan fingerprint density at radius 3 is 2.33 bits per heavy atom. The molecule has 2 atom stereocenters. The average Bonchev–Trinajstić information content (AvgIpc) is 3.33. The molecule has 164 valence electrons. The first-order valence-electron chi connectivity index (χ1n) is 10.6. The predicted octanol–water partition coefficient (Wildman–Crippen LogP) is 4.88. The molecule has 0 bridgehead atoms. The third kappa shape index (κ3) is 3.65. The largest absolute Gasteiger partial charge is 0.282 e. The fourth-order valence-corrected chi connectivity index (χ4v) is 4.39. The van der Waals surface area contributed by atoms with Gasteiger partial charge in [-0.05, 0) is 30.5 Å². The Kier molecular flexibility index (Phi) is 5.18. The van der Waals surface area contributed by atoms with E-state index in [1.54, 1.807) is 21.7 Å². The van der Waals surface area contributed by atoms with Crippen LogP contribution in [0.4, 0.5) is 11.6 Å². The number of para-hydroxylation sites is 1. The minimum atomic E-state index is -0.532. The number of carbonyl (C=O) groups is 1. The smallest absolute Gasteiger partial charge is 0.269 e. The highest BCUT2D eigenvalue weighted by molar-refractivity contribution is 6.08. The molecule has 3 aromatic carbocycles. The second-order valence-electron chi connectivity index (χ2n) is 8.04. The van der Waals surface area contributed by atoms with E-state index in [-0.39, 0.29) is 23.3 Å². The summed E-state index contributed by atoms with van der Waals surface area (Å²) in [4.78, 5) is 30.9. The van der Waals surface area contributed by atoms with Crippen molar-refractivity contribution in [1.29, 1.82) is 0 Å². The van der Waals surface area contributed by atoms with Crippen molar-refractivity contribution in [3.63, 3.8) is 0 Å². The number of rotatable bonds is 4. The third-order valence-electron chi connectivity index (χ3n) is 6.02. The summed E-state index contributed by atoms with van der Waals surface area (Å²) in [6, 6.07) is 23.4. The second-order valence-corrected chi connectivity index (χ2v) is 8.04. The van der Waals surface area contributed by atoms with Gasteiger partial charge in [-0.15, -0.1) is 0 Å². The van der Waals surface area contributed by atoms with Crippen molar-refractivity contribution >= 4 is 17.5 Å². The highest BCUT2D eigenvalue weighted by atomic mass is 16.6. The SMILES string of the molecule is Cc1ccc([C@H]2C[C@@H](c3ccccc3)n3ncnc3N2C(=O)c2ccccc2[N+](=O)[O-])cc1. The maximum Gasteiger partial charge on any atom is 0.282 e. The van der Waals surface area contributed by atoms with Gasteiger partial charge in [0.1, 0.15) is 11.9 Å². The van der Waals surface area contributed by atoms with Gasteiger partial charge in [0.25, 0.3) is 11.6 Å². The van der Waals surface area contributed by atoms with Gasteiger partial charge in [0.15, 0.2) is 0 Å². The Morgan fingerprint density at radius 1 is 0.939 bits per heavy atom. The van der Waals surface area contributed by atoms with Gasteiger partial charge in [-0.1, -0.05) is 72.3 Å². The van der Waals surface area contributed by atoms with Crippen LogP contribution in [0.2, 0.25) is 0 Å². The van der Waals surface area contributed by atoms with E-state index in [0.717, 1.165) is 16.7 Å². The number of nitro benzene ring substituents is 1. The molecule has 0 spiro atoms. The van der Waals surface area contributed by atoms with Gasteiger partial charge in [-0.2, -0.15) is 10.1 Å². The molecule has 33 heavy (non-hydrogen) atoms. The summed E-state index contributed by atoms with van der Waals surface area (Å²) >= 11 is 0. The maximum atomic E-state index is 13.8. The van der Waals surface area contributed by atoms with Crippen LogP contribution in [0.3, 0.4) is 0 Å². The molecule has 5 rings (SSSR count). The first-order valence-corrected chi connectivity index (χ1v) is 10.6. The number of fused-ring (bicyclic) bond motifs is 1. The molecule has 0 radical (unpaired) electrons. The van der Waals surface area contributed by atoms with Gasteiger partial charge < -0.3 is 0 Å². The number of anilines is 1. The molecule has 8 nitrogen and oxygen atoms in total. The number of benzene rings is 3. The van der Waals surface area contributed by atoms with Crippen molar-refractivity contribution < 1.29 is 9.72 Å². The van der Waals surface area contributed by atoms with Crippen LogP contribution < -0.4 is 4.90 Å². The van der Waals surface area contributed by atoms with E-state index >= 15 is 0 Å². The summed E-state index contributed by atoms with van der Waals surface area (Å²) in [7, 11) is 0. The summed E-state index contributed by atoms with van der Waals surface area (Å²) in [5.74, 6) is -0.113. The fraction of sp³-hybridized carbons (Fsp3) is 0.160. The van der Waals surface area contributed by atoms with Crippen molar-refractivity contribution in [2.75, 3.05) is 4.90 Å². The number of aromatic nitrogens is 3. The number of aryl methyl sites for hydroxylation is 1. The Balaban J connectivity index is 1.67. The fourth-order valence-electron chi connectivity index (χ4n) is 4.39. The summed E-state index contributed by atoms with van der Waals surface area (Å²) in [6.07, 6.45) is 1.97. The van der Waals surface area contributed by atoms with Crippen molar-refractivity contribution in [2.24, 2.45) is 0 Å². The number of nitrogens with zero attached hydrogens (tertiary/aromatic N) is 5. The quantitative estimate of drug-likeness (QED) is 0.334. The highest BCUT2D eigenvalue weighted by Crippen LogP contribution is 2.43.